The molecule has 0 aromatic carbocycles. The fourth-order valence-corrected chi connectivity index (χ4v) is 2.54. The molecule has 0 aliphatic heterocycles. The molecule has 2 heterocycles. The van der Waals surface area contributed by atoms with Gasteiger partial charge in [-0.25, -0.2) is 0 Å². The largest absolute Gasteiger partial charge is 0.394 e. The SMILES string of the molecule is Cc1nn(CCO)c(C)c1CN(C)C(C)c1cccnc1. The van der Waals surface area contributed by atoms with E-state index in [2.05, 4.69) is 41.9 Å². The molecule has 0 spiro atoms. The molecule has 21 heavy (non-hydrogen) atoms. The number of aromatic nitrogens is 3. The molecule has 1 unspecified atom stereocenters. The van der Waals surface area contributed by atoms with E-state index in [0.717, 1.165) is 17.9 Å². The predicted octanol–water partition coefficient (Wildman–Crippen LogP) is 2.08. The fraction of sp³-hybridized carbons (Fsp3) is 0.500. The van der Waals surface area contributed by atoms with E-state index in [9.17, 15) is 0 Å². The van der Waals surface area contributed by atoms with E-state index in [1.165, 1.54) is 11.1 Å². The number of rotatable bonds is 6. The highest BCUT2D eigenvalue weighted by molar-refractivity contribution is 5.25. The molecule has 0 radical (unpaired) electrons. The molecule has 5 heteroatoms. The molecule has 0 aliphatic carbocycles. The summed E-state index contributed by atoms with van der Waals surface area (Å²) in [4.78, 5) is 6.48. The zero-order chi connectivity index (χ0) is 15.4. The van der Waals surface area contributed by atoms with Gasteiger partial charge in [0.15, 0.2) is 0 Å². The molecular formula is C16H24N4O. The number of aliphatic hydroxyl groups is 1. The van der Waals surface area contributed by atoms with Gasteiger partial charge in [-0.15, -0.1) is 0 Å². The Balaban J connectivity index is 2.14. The van der Waals surface area contributed by atoms with Gasteiger partial charge in [0, 0.05) is 36.2 Å². The number of hydrogen-bond donors (Lipinski definition) is 1. The van der Waals surface area contributed by atoms with Gasteiger partial charge < -0.3 is 5.11 Å². The molecule has 1 N–H and O–H groups in total. The minimum atomic E-state index is 0.114. The molecule has 2 aromatic rings. The van der Waals surface area contributed by atoms with Crippen LogP contribution in [0.1, 0.15) is 35.5 Å². The van der Waals surface area contributed by atoms with Gasteiger partial charge in [0.05, 0.1) is 18.8 Å². The van der Waals surface area contributed by atoms with E-state index < -0.39 is 0 Å². The molecule has 1 atom stereocenters. The fourth-order valence-electron chi connectivity index (χ4n) is 2.54. The molecule has 5 nitrogen and oxygen atoms in total. The van der Waals surface area contributed by atoms with Gasteiger partial charge in [-0.05, 0) is 39.4 Å². The lowest BCUT2D eigenvalue weighted by Crippen LogP contribution is -2.22. The third-order valence-electron chi connectivity index (χ3n) is 4.08. The molecule has 0 saturated carbocycles. The van der Waals surface area contributed by atoms with Crippen LogP contribution in [0.4, 0.5) is 0 Å². The minimum absolute atomic E-state index is 0.114. The van der Waals surface area contributed by atoms with E-state index in [0.29, 0.717) is 12.6 Å². The summed E-state index contributed by atoms with van der Waals surface area (Å²) in [6.07, 6.45) is 3.71. The van der Waals surface area contributed by atoms with Crippen molar-refractivity contribution in [3.05, 3.63) is 47.0 Å². The molecule has 0 aliphatic rings. The summed E-state index contributed by atoms with van der Waals surface area (Å²) in [6.45, 7) is 7.77. The maximum atomic E-state index is 9.08. The highest BCUT2D eigenvalue weighted by atomic mass is 16.3. The maximum Gasteiger partial charge on any atom is 0.0644 e. The normalized spacial score (nSPS) is 12.9. The van der Waals surface area contributed by atoms with Crippen molar-refractivity contribution in [1.29, 1.82) is 0 Å². The number of nitrogens with zero attached hydrogens (tertiary/aromatic N) is 4. The Labute approximate surface area is 126 Å². The summed E-state index contributed by atoms with van der Waals surface area (Å²) in [5.74, 6) is 0. The van der Waals surface area contributed by atoms with Crippen LogP contribution < -0.4 is 0 Å². The minimum Gasteiger partial charge on any atom is -0.394 e. The second-order valence-corrected chi connectivity index (χ2v) is 5.47. The molecule has 0 saturated heterocycles. The van der Waals surface area contributed by atoms with Crippen molar-refractivity contribution >= 4 is 0 Å². The van der Waals surface area contributed by atoms with Crippen LogP contribution in [0.3, 0.4) is 0 Å². The Hall–Kier alpha value is -1.72. The van der Waals surface area contributed by atoms with Crippen LogP contribution in [0, 0.1) is 13.8 Å². The number of pyridine rings is 1. The van der Waals surface area contributed by atoms with Crippen LogP contribution in [0.2, 0.25) is 0 Å². The van der Waals surface area contributed by atoms with Crippen LogP contribution in [-0.2, 0) is 13.1 Å². The van der Waals surface area contributed by atoms with Crippen molar-refractivity contribution in [3.63, 3.8) is 0 Å². The van der Waals surface area contributed by atoms with Crippen molar-refractivity contribution in [2.45, 2.75) is 39.9 Å². The van der Waals surface area contributed by atoms with Crippen LogP contribution in [0.5, 0.6) is 0 Å². The first-order valence-corrected chi connectivity index (χ1v) is 7.28. The lowest BCUT2D eigenvalue weighted by Gasteiger charge is -2.25. The molecule has 114 valence electrons. The molecule has 0 fully saturated rings. The second kappa shape index (κ2) is 6.83. The van der Waals surface area contributed by atoms with Gasteiger partial charge in [0.1, 0.15) is 0 Å². The predicted molar refractivity (Wildman–Crippen MR) is 82.9 cm³/mol. The van der Waals surface area contributed by atoms with E-state index in [-0.39, 0.29) is 6.61 Å². The number of aryl methyl sites for hydroxylation is 1. The van der Waals surface area contributed by atoms with Gasteiger partial charge in [-0.3, -0.25) is 14.6 Å². The molecule has 2 rings (SSSR count). The molecular weight excluding hydrogens is 264 g/mol. The summed E-state index contributed by atoms with van der Waals surface area (Å²) in [6, 6.07) is 4.36. The first-order chi connectivity index (χ1) is 10.0. The molecule has 0 amide bonds. The average Bonchev–Trinajstić information content (AvgIpc) is 2.75. The van der Waals surface area contributed by atoms with Gasteiger partial charge in [-0.2, -0.15) is 5.10 Å². The van der Waals surface area contributed by atoms with Crippen molar-refractivity contribution in [2.24, 2.45) is 0 Å². The van der Waals surface area contributed by atoms with Gasteiger partial charge >= 0.3 is 0 Å². The average molecular weight is 288 g/mol. The summed E-state index contributed by atoms with van der Waals surface area (Å²) in [5.41, 5.74) is 4.61. The monoisotopic (exact) mass is 288 g/mol. The van der Waals surface area contributed by atoms with Crippen molar-refractivity contribution < 1.29 is 5.11 Å². The Kier molecular flexibility index (Phi) is 5.09. The topological polar surface area (TPSA) is 54.2 Å². The summed E-state index contributed by atoms with van der Waals surface area (Å²) < 4.78 is 1.88. The van der Waals surface area contributed by atoms with Crippen molar-refractivity contribution in [2.75, 3.05) is 13.7 Å². The van der Waals surface area contributed by atoms with Gasteiger partial charge in [-0.1, -0.05) is 6.07 Å². The first kappa shape index (κ1) is 15.7. The van der Waals surface area contributed by atoms with E-state index in [1.54, 1.807) is 6.20 Å². The summed E-state index contributed by atoms with van der Waals surface area (Å²) in [5, 5.41) is 13.6. The number of hydrogen-bond acceptors (Lipinski definition) is 4. The Bertz CT molecular complexity index is 579. The quantitative estimate of drug-likeness (QED) is 0.884. The van der Waals surface area contributed by atoms with Crippen LogP contribution in [0.25, 0.3) is 0 Å². The van der Waals surface area contributed by atoms with E-state index >= 15 is 0 Å². The van der Waals surface area contributed by atoms with Crippen LogP contribution in [0.15, 0.2) is 24.5 Å². The summed E-state index contributed by atoms with van der Waals surface area (Å²) >= 11 is 0. The van der Waals surface area contributed by atoms with Gasteiger partial charge in [0.2, 0.25) is 0 Å². The summed E-state index contributed by atoms with van der Waals surface area (Å²) in [7, 11) is 2.11. The van der Waals surface area contributed by atoms with Crippen LogP contribution >= 0.6 is 0 Å². The lowest BCUT2D eigenvalue weighted by atomic mass is 10.1. The zero-order valence-electron chi connectivity index (χ0n) is 13.2. The van der Waals surface area contributed by atoms with Crippen LogP contribution in [-0.4, -0.2) is 38.4 Å². The Morgan fingerprint density at radius 3 is 2.76 bits per heavy atom. The van der Waals surface area contributed by atoms with Crippen molar-refractivity contribution in [3.8, 4) is 0 Å². The second-order valence-electron chi connectivity index (χ2n) is 5.47. The van der Waals surface area contributed by atoms with E-state index in [4.69, 9.17) is 5.11 Å². The lowest BCUT2D eigenvalue weighted by molar-refractivity contribution is 0.251. The third kappa shape index (κ3) is 3.49. The smallest absolute Gasteiger partial charge is 0.0644 e. The van der Waals surface area contributed by atoms with Gasteiger partial charge in [0.25, 0.3) is 0 Å². The Morgan fingerprint density at radius 2 is 2.14 bits per heavy atom. The third-order valence-corrected chi connectivity index (χ3v) is 4.08. The molecule has 0 bridgehead atoms. The highest BCUT2D eigenvalue weighted by Crippen LogP contribution is 2.22. The maximum absolute atomic E-state index is 9.08. The van der Waals surface area contributed by atoms with E-state index in [1.807, 2.05) is 23.9 Å². The Morgan fingerprint density at radius 1 is 1.38 bits per heavy atom. The zero-order valence-corrected chi connectivity index (χ0v) is 13.2. The molecule has 2 aromatic heterocycles. The highest BCUT2D eigenvalue weighted by Gasteiger charge is 2.17. The van der Waals surface area contributed by atoms with Crippen molar-refractivity contribution in [1.82, 2.24) is 19.7 Å². The standard InChI is InChI=1S/C16H24N4O/c1-12-16(14(3)20(18-12)8-9-21)11-19(4)13(2)15-6-5-7-17-10-15/h5-7,10,13,21H,8-9,11H2,1-4H3. The first-order valence-electron chi connectivity index (χ1n) is 7.28. The number of aliphatic hydroxyl groups excluding tert-OH is 1.